The van der Waals surface area contributed by atoms with Gasteiger partial charge in [-0.25, -0.2) is 0 Å². The molecule has 31 heavy (non-hydrogen) atoms. The Hall–Kier alpha value is -3.52. The smallest absolute Gasteiger partial charge is 0.297 e. The van der Waals surface area contributed by atoms with Crippen LogP contribution in [0, 0.1) is 0 Å². The Balaban J connectivity index is 1.65. The number of carbonyl (C=O) groups excluding carboxylic acids is 1. The summed E-state index contributed by atoms with van der Waals surface area (Å²) in [5, 5.41) is 8.80. The number of fused-ring (bicyclic) bond motifs is 2. The first kappa shape index (κ1) is 19.4. The second kappa shape index (κ2) is 7.96. The lowest BCUT2D eigenvalue weighted by molar-refractivity contribution is 0.0970. The number of aromatic nitrogens is 2. The summed E-state index contributed by atoms with van der Waals surface area (Å²) >= 11 is 1.23. The summed E-state index contributed by atoms with van der Waals surface area (Å²) in [5.74, 6) is 0.393. The monoisotopic (exact) mass is 433 g/mol. The van der Waals surface area contributed by atoms with Crippen LogP contribution in [0.2, 0.25) is 0 Å². The molecule has 1 aliphatic rings. The van der Waals surface area contributed by atoms with Gasteiger partial charge in [0.25, 0.3) is 5.91 Å². The normalized spacial score (nSPS) is 15.5. The van der Waals surface area contributed by atoms with Crippen molar-refractivity contribution in [2.75, 3.05) is 11.5 Å². The zero-order chi connectivity index (χ0) is 21.4. The van der Waals surface area contributed by atoms with E-state index in [0.29, 0.717) is 28.3 Å². The third kappa shape index (κ3) is 3.29. The lowest BCUT2D eigenvalue weighted by Gasteiger charge is -2.22. The predicted molar refractivity (Wildman–Crippen MR) is 118 cm³/mol. The zero-order valence-corrected chi connectivity index (χ0v) is 17.6. The summed E-state index contributed by atoms with van der Waals surface area (Å²) in [4.78, 5) is 28.2. The average Bonchev–Trinajstić information content (AvgIpc) is 3.41. The molecule has 0 saturated heterocycles. The zero-order valence-electron chi connectivity index (χ0n) is 16.8. The van der Waals surface area contributed by atoms with Crippen LogP contribution < -0.4 is 15.1 Å². The molecule has 4 aromatic rings. The van der Waals surface area contributed by atoms with Gasteiger partial charge in [-0.1, -0.05) is 48.9 Å². The fraction of sp³-hybridized carbons (Fsp3) is 0.217. The molecule has 3 heterocycles. The van der Waals surface area contributed by atoms with Crippen molar-refractivity contribution in [2.24, 2.45) is 0 Å². The number of carbonyl (C=O) groups is 1. The van der Waals surface area contributed by atoms with Crippen molar-refractivity contribution in [3.63, 3.8) is 0 Å². The van der Waals surface area contributed by atoms with Gasteiger partial charge in [0.05, 0.1) is 23.6 Å². The first-order chi connectivity index (χ1) is 15.2. The number of hydrogen-bond acceptors (Lipinski definition) is 7. The minimum absolute atomic E-state index is 0.0483. The van der Waals surface area contributed by atoms with E-state index in [1.54, 1.807) is 29.8 Å². The number of anilines is 1. The lowest BCUT2D eigenvalue weighted by Crippen LogP contribution is -2.29. The highest BCUT2D eigenvalue weighted by atomic mass is 32.1. The first-order valence-corrected chi connectivity index (χ1v) is 10.9. The van der Waals surface area contributed by atoms with Crippen LogP contribution in [-0.4, -0.2) is 22.7 Å². The molecule has 1 atom stereocenters. The van der Waals surface area contributed by atoms with E-state index in [4.69, 9.17) is 9.15 Å². The molecule has 0 spiro atoms. The van der Waals surface area contributed by atoms with E-state index in [-0.39, 0.29) is 11.2 Å². The number of unbranched alkanes of at least 4 members (excludes halogenated alkanes) is 1. The maximum atomic E-state index is 13.4. The standard InChI is InChI=1S/C23H19N3O4S/c1-2-3-12-29-15-10-8-14(9-11-15)19-18-20(27)16-6-4-5-7-17(16)30-21(18)22(28)26(19)23-25-24-13-31-23/h4-11,13,19H,2-3,12H2,1H3. The van der Waals surface area contributed by atoms with E-state index in [0.717, 1.165) is 24.2 Å². The SMILES string of the molecule is CCCCOc1ccc(C2c3c(oc4ccccc4c3=O)C(=O)N2c2nncs2)cc1. The molecule has 0 saturated carbocycles. The molecule has 7 nitrogen and oxygen atoms in total. The highest BCUT2D eigenvalue weighted by Gasteiger charge is 2.44. The fourth-order valence-electron chi connectivity index (χ4n) is 3.79. The molecule has 1 aliphatic heterocycles. The average molecular weight is 433 g/mol. The largest absolute Gasteiger partial charge is 0.494 e. The van der Waals surface area contributed by atoms with Gasteiger partial charge in [0.2, 0.25) is 10.9 Å². The van der Waals surface area contributed by atoms with Crippen LogP contribution in [-0.2, 0) is 0 Å². The molecule has 0 fully saturated rings. The van der Waals surface area contributed by atoms with Gasteiger partial charge in [0, 0.05) is 0 Å². The van der Waals surface area contributed by atoms with Gasteiger partial charge in [-0.05, 0) is 36.2 Å². The Morgan fingerprint density at radius 1 is 1.13 bits per heavy atom. The number of amides is 1. The van der Waals surface area contributed by atoms with E-state index in [9.17, 15) is 9.59 Å². The second-order valence-corrected chi connectivity index (χ2v) is 8.05. The molecule has 2 aromatic heterocycles. The molecule has 0 N–H and O–H groups in total. The van der Waals surface area contributed by atoms with Crippen LogP contribution in [0.15, 0.2) is 63.3 Å². The minimum Gasteiger partial charge on any atom is -0.494 e. The van der Waals surface area contributed by atoms with E-state index in [1.807, 2.05) is 24.3 Å². The van der Waals surface area contributed by atoms with E-state index < -0.39 is 11.9 Å². The van der Waals surface area contributed by atoms with Crippen molar-refractivity contribution in [1.29, 1.82) is 0 Å². The number of hydrogen-bond donors (Lipinski definition) is 0. The number of ether oxygens (including phenoxy) is 1. The van der Waals surface area contributed by atoms with Crippen LogP contribution in [0.1, 0.15) is 47.5 Å². The number of rotatable bonds is 6. The number of benzene rings is 2. The molecule has 0 radical (unpaired) electrons. The van der Waals surface area contributed by atoms with Gasteiger partial charge in [-0.3, -0.25) is 14.5 Å². The van der Waals surface area contributed by atoms with Gasteiger partial charge >= 0.3 is 0 Å². The van der Waals surface area contributed by atoms with Crippen molar-refractivity contribution in [3.05, 3.63) is 81.2 Å². The molecule has 1 unspecified atom stereocenters. The van der Waals surface area contributed by atoms with Gasteiger partial charge in [0.1, 0.15) is 16.8 Å². The first-order valence-electron chi connectivity index (χ1n) is 10.1. The Morgan fingerprint density at radius 3 is 2.68 bits per heavy atom. The lowest BCUT2D eigenvalue weighted by atomic mass is 9.98. The van der Waals surface area contributed by atoms with Crippen molar-refractivity contribution < 1.29 is 13.9 Å². The third-order valence-electron chi connectivity index (χ3n) is 5.29. The number of nitrogens with zero attached hydrogens (tertiary/aromatic N) is 3. The quantitative estimate of drug-likeness (QED) is 0.414. The number of para-hydroxylation sites is 1. The summed E-state index contributed by atoms with van der Waals surface area (Å²) < 4.78 is 11.7. The third-order valence-corrected chi connectivity index (χ3v) is 5.98. The van der Waals surface area contributed by atoms with E-state index in [2.05, 4.69) is 17.1 Å². The minimum atomic E-state index is -0.652. The van der Waals surface area contributed by atoms with Crippen molar-refractivity contribution in [1.82, 2.24) is 10.2 Å². The maximum absolute atomic E-state index is 13.4. The van der Waals surface area contributed by atoms with Crippen LogP contribution >= 0.6 is 11.3 Å². The summed E-state index contributed by atoms with van der Waals surface area (Å²) in [7, 11) is 0. The molecule has 5 rings (SSSR count). The Bertz CT molecular complexity index is 1300. The predicted octanol–water partition coefficient (Wildman–Crippen LogP) is 4.57. The second-order valence-electron chi connectivity index (χ2n) is 7.24. The van der Waals surface area contributed by atoms with Gasteiger partial charge in [-0.2, -0.15) is 0 Å². The summed E-state index contributed by atoms with van der Waals surface area (Å²) in [5.41, 5.74) is 2.81. The van der Waals surface area contributed by atoms with Crippen LogP contribution in [0.25, 0.3) is 11.0 Å². The Kier molecular flexibility index (Phi) is 4.99. The van der Waals surface area contributed by atoms with Gasteiger partial charge in [0.15, 0.2) is 5.43 Å². The van der Waals surface area contributed by atoms with Gasteiger partial charge < -0.3 is 9.15 Å². The summed E-state index contributed by atoms with van der Waals surface area (Å²) in [6.45, 7) is 2.76. The molecule has 0 aliphatic carbocycles. The van der Waals surface area contributed by atoms with Crippen LogP contribution in [0.5, 0.6) is 5.75 Å². The van der Waals surface area contributed by atoms with E-state index in [1.165, 1.54) is 16.2 Å². The molecular weight excluding hydrogens is 414 g/mol. The highest BCUT2D eigenvalue weighted by Crippen LogP contribution is 2.41. The topological polar surface area (TPSA) is 85.5 Å². The maximum Gasteiger partial charge on any atom is 0.297 e. The molecule has 0 bridgehead atoms. The summed E-state index contributed by atoms with van der Waals surface area (Å²) in [6, 6.07) is 13.8. The Morgan fingerprint density at radius 2 is 1.94 bits per heavy atom. The van der Waals surface area contributed by atoms with E-state index >= 15 is 0 Å². The van der Waals surface area contributed by atoms with Crippen LogP contribution in [0.3, 0.4) is 0 Å². The Labute approximate surface area is 181 Å². The van der Waals surface area contributed by atoms with Gasteiger partial charge in [-0.15, -0.1) is 10.2 Å². The molecular formula is C23H19N3O4S. The van der Waals surface area contributed by atoms with Crippen molar-refractivity contribution in [3.8, 4) is 5.75 Å². The van der Waals surface area contributed by atoms with Crippen LogP contribution in [0.4, 0.5) is 5.13 Å². The van der Waals surface area contributed by atoms with Crippen molar-refractivity contribution in [2.45, 2.75) is 25.8 Å². The van der Waals surface area contributed by atoms with Crippen molar-refractivity contribution >= 4 is 33.3 Å². The molecule has 2 aromatic carbocycles. The fourth-order valence-corrected chi connectivity index (χ4v) is 4.37. The molecule has 156 valence electrons. The molecule has 8 heteroatoms. The highest BCUT2D eigenvalue weighted by molar-refractivity contribution is 7.13. The molecule has 1 amide bonds. The summed E-state index contributed by atoms with van der Waals surface area (Å²) in [6.07, 6.45) is 2.03.